The van der Waals surface area contributed by atoms with Crippen molar-refractivity contribution in [2.75, 3.05) is 0 Å². The lowest BCUT2D eigenvalue weighted by atomic mass is 9.97. The molecule has 1 aromatic carbocycles. The van der Waals surface area contributed by atoms with Crippen molar-refractivity contribution in [3.8, 4) is 0 Å². The summed E-state index contributed by atoms with van der Waals surface area (Å²) < 4.78 is 1.00. The molecule has 2 aromatic rings. The molecule has 0 aliphatic carbocycles. The van der Waals surface area contributed by atoms with Gasteiger partial charge >= 0.3 is 0 Å². The Hall–Kier alpha value is -0.710. The third kappa shape index (κ3) is 2.12. The van der Waals surface area contributed by atoms with Gasteiger partial charge in [0.1, 0.15) is 10.6 Å². The Labute approximate surface area is 101 Å². The summed E-state index contributed by atoms with van der Waals surface area (Å²) in [5.74, 6) is 0. The molecule has 2 rings (SSSR count). The molecule has 0 bridgehead atoms. The van der Waals surface area contributed by atoms with Crippen LogP contribution in [0.4, 0.5) is 0 Å². The minimum atomic E-state index is -1.01. The maximum atomic E-state index is 10.4. The first-order chi connectivity index (χ1) is 7.10. The lowest BCUT2D eigenvalue weighted by Crippen LogP contribution is -2.22. The van der Waals surface area contributed by atoms with Gasteiger partial charge in [0.15, 0.2) is 0 Å². The van der Waals surface area contributed by atoms with E-state index in [9.17, 15) is 5.11 Å². The predicted octanol–water partition coefficient (Wildman–Crippen LogP) is 3.16. The number of nitrogens with zero attached hydrogens (tertiary/aromatic N) is 1. The first-order valence-corrected chi connectivity index (χ1v) is 6.16. The average molecular weight is 284 g/mol. The van der Waals surface area contributed by atoms with Gasteiger partial charge in [-0.15, -0.1) is 11.3 Å². The van der Waals surface area contributed by atoms with Crippen molar-refractivity contribution in [2.45, 2.75) is 12.5 Å². The fraction of sp³-hybridized carbons (Fsp3) is 0.182. The quantitative estimate of drug-likeness (QED) is 0.919. The highest BCUT2D eigenvalue weighted by atomic mass is 79.9. The van der Waals surface area contributed by atoms with Crippen LogP contribution in [0.1, 0.15) is 17.5 Å². The number of aliphatic hydroxyl groups is 1. The number of rotatable bonds is 2. The van der Waals surface area contributed by atoms with Crippen molar-refractivity contribution >= 4 is 27.3 Å². The molecule has 1 atom stereocenters. The van der Waals surface area contributed by atoms with E-state index >= 15 is 0 Å². The van der Waals surface area contributed by atoms with Gasteiger partial charge in [-0.3, -0.25) is 0 Å². The van der Waals surface area contributed by atoms with E-state index in [2.05, 4.69) is 20.9 Å². The van der Waals surface area contributed by atoms with Crippen molar-refractivity contribution in [1.82, 2.24) is 4.98 Å². The van der Waals surface area contributed by atoms with Crippen molar-refractivity contribution in [3.63, 3.8) is 0 Å². The molecular weight excluding hydrogens is 274 g/mol. The molecule has 0 saturated carbocycles. The van der Waals surface area contributed by atoms with Gasteiger partial charge in [-0.1, -0.05) is 28.1 Å². The van der Waals surface area contributed by atoms with Crippen LogP contribution in [0, 0.1) is 0 Å². The summed E-state index contributed by atoms with van der Waals surface area (Å²) >= 11 is 4.82. The Morgan fingerprint density at radius 3 is 2.53 bits per heavy atom. The van der Waals surface area contributed by atoms with Crippen molar-refractivity contribution in [1.29, 1.82) is 0 Å². The van der Waals surface area contributed by atoms with Crippen molar-refractivity contribution in [3.05, 3.63) is 50.9 Å². The van der Waals surface area contributed by atoms with Crippen LogP contribution in [0.5, 0.6) is 0 Å². The summed E-state index contributed by atoms with van der Waals surface area (Å²) in [6.45, 7) is 1.76. The molecule has 15 heavy (non-hydrogen) atoms. The van der Waals surface area contributed by atoms with E-state index in [1.165, 1.54) is 11.3 Å². The Balaban J connectivity index is 2.41. The molecule has 4 heteroatoms. The van der Waals surface area contributed by atoms with E-state index in [4.69, 9.17) is 0 Å². The molecule has 2 nitrogen and oxygen atoms in total. The van der Waals surface area contributed by atoms with Crippen LogP contribution < -0.4 is 0 Å². The van der Waals surface area contributed by atoms with E-state index in [-0.39, 0.29) is 0 Å². The highest BCUT2D eigenvalue weighted by Gasteiger charge is 2.27. The summed E-state index contributed by atoms with van der Waals surface area (Å²) in [5.41, 5.74) is -0.157. The first kappa shape index (κ1) is 10.8. The van der Waals surface area contributed by atoms with Crippen molar-refractivity contribution in [2.24, 2.45) is 0 Å². The SMILES string of the molecule is CC(O)(c1ccc(Br)cc1)c1nccs1. The molecular formula is C11H10BrNOS. The molecule has 0 fully saturated rings. The summed E-state index contributed by atoms with van der Waals surface area (Å²) in [4.78, 5) is 4.14. The summed E-state index contributed by atoms with van der Waals surface area (Å²) in [7, 11) is 0. The second-order valence-electron chi connectivity index (χ2n) is 3.42. The minimum Gasteiger partial charge on any atom is -0.378 e. The van der Waals surface area contributed by atoms with Crippen LogP contribution >= 0.6 is 27.3 Å². The molecule has 0 spiro atoms. The first-order valence-electron chi connectivity index (χ1n) is 4.49. The van der Waals surface area contributed by atoms with Gasteiger partial charge in [0.05, 0.1) is 0 Å². The number of aromatic nitrogens is 1. The Morgan fingerprint density at radius 1 is 1.33 bits per heavy atom. The lowest BCUT2D eigenvalue weighted by Gasteiger charge is -2.21. The fourth-order valence-electron chi connectivity index (χ4n) is 1.36. The normalized spacial score (nSPS) is 14.9. The summed E-state index contributed by atoms with van der Waals surface area (Å²) in [6, 6.07) is 7.62. The minimum absolute atomic E-state index is 0.713. The summed E-state index contributed by atoms with van der Waals surface area (Å²) in [5, 5.41) is 12.9. The molecule has 1 unspecified atom stereocenters. The average Bonchev–Trinajstić information content (AvgIpc) is 2.71. The number of hydrogen-bond donors (Lipinski definition) is 1. The molecule has 0 radical (unpaired) electrons. The number of hydrogen-bond acceptors (Lipinski definition) is 3. The van der Waals surface area contributed by atoms with E-state index in [1.54, 1.807) is 13.1 Å². The van der Waals surface area contributed by atoms with E-state index in [0.29, 0.717) is 5.01 Å². The molecule has 0 aliphatic rings. The highest BCUT2D eigenvalue weighted by Crippen LogP contribution is 2.30. The van der Waals surface area contributed by atoms with Crippen molar-refractivity contribution < 1.29 is 5.11 Å². The maximum absolute atomic E-state index is 10.4. The van der Waals surface area contributed by atoms with Crippen LogP contribution in [-0.4, -0.2) is 10.1 Å². The van der Waals surface area contributed by atoms with Crippen LogP contribution in [0.25, 0.3) is 0 Å². The zero-order valence-electron chi connectivity index (χ0n) is 8.14. The zero-order chi connectivity index (χ0) is 10.9. The van der Waals surface area contributed by atoms with Gasteiger partial charge in [0.25, 0.3) is 0 Å². The lowest BCUT2D eigenvalue weighted by molar-refractivity contribution is 0.102. The van der Waals surface area contributed by atoms with Crippen LogP contribution in [0.15, 0.2) is 40.3 Å². The smallest absolute Gasteiger partial charge is 0.138 e. The van der Waals surface area contributed by atoms with Gasteiger partial charge in [-0.2, -0.15) is 0 Å². The molecule has 1 aromatic heterocycles. The molecule has 1 heterocycles. The topological polar surface area (TPSA) is 33.1 Å². The second kappa shape index (κ2) is 4.04. The Kier molecular flexibility index (Phi) is 2.91. The third-order valence-corrected chi connectivity index (χ3v) is 3.77. The maximum Gasteiger partial charge on any atom is 0.138 e. The Morgan fingerprint density at radius 2 is 2.00 bits per heavy atom. The van der Waals surface area contributed by atoms with Crippen LogP contribution in [-0.2, 0) is 5.60 Å². The number of halogens is 1. The molecule has 78 valence electrons. The largest absolute Gasteiger partial charge is 0.378 e. The van der Waals surface area contributed by atoms with Crippen LogP contribution in [0.3, 0.4) is 0 Å². The highest BCUT2D eigenvalue weighted by molar-refractivity contribution is 9.10. The standard InChI is InChI=1S/C11H10BrNOS/c1-11(14,10-13-6-7-15-10)8-2-4-9(12)5-3-8/h2-7,14H,1H3. The predicted molar refractivity (Wildman–Crippen MR) is 64.9 cm³/mol. The monoisotopic (exact) mass is 283 g/mol. The zero-order valence-corrected chi connectivity index (χ0v) is 10.5. The molecule has 0 amide bonds. The second-order valence-corrected chi connectivity index (χ2v) is 5.23. The van der Waals surface area contributed by atoms with E-state index in [1.807, 2.05) is 29.6 Å². The van der Waals surface area contributed by atoms with Crippen LogP contribution in [0.2, 0.25) is 0 Å². The number of benzene rings is 1. The van der Waals surface area contributed by atoms with Gasteiger partial charge in [0.2, 0.25) is 0 Å². The van der Waals surface area contributed by atoms with Gasteiger partial charge in [-0.25, -0.2) is 4.98 Å². The Bertz CT molecular complexity index is 436. The fourth-order valence-corrected chi connectivity index (χ4v) is 2.35. The molecule has 0 aliphatic heterocycles. The van der Waals surface area contributed by atoms with E-state index in [0.717, 1.165) is 10.0 Å². The summed E-state index contributed by atoms with van der Waals surface area (Å²) in [6.07, 6.45) is 1.70. The molecule has 1 N–H and O–H groups in total. The van der Waals surface area contributed by atoms with Gasteiger partial charge in [0, 0.05) is 16.0 Å². The number of thiazole rings is 1. The third-order valence-electron chi connectivity index (χ3n) is 2.26. The van der Waals surface area contributed by atoms with Gasteiger partial charge < -0.3 is 5.11 Å². The van der Waals surface area contributed by atoms with Gasteiger partial charge in [-0.05, 0) is 24.6 Å². The molecule has 0 saturated heterocycles. The van der Waals surface area contributed by atoms with E-state index < -0.39 is 5.60 Å².